The molecule has 6 nitrogen and oxygen atoms in total. The predicted molar refractivity (Wildman–Crippen MR) is 126 cm³/mol. The molecule has 182 valence electrons. The van der Waals surface area contributed by atoms with E-state index in [1.54, 1.807) is 26.3 Å². The predicted octanol–water partition coefficient (Wildman–Crippen LogP) is 5.29. The van der Waals surface area contributed by atoms with Crippen LogP contribution in [0, 0.1) is 23.2 Å². The Labute approximate surface area is 189 Å². The van der Waals surface area contributed by atoms with Gasteiger partial charge in [-0.05, 0) is 69.8 Å². The average molecular weight is 443 g/mol. The van der Waals surface area contributed by atoms with E-state index < -0.39 is 23.5 Å². The lowest BCUT2D eigenvalue weighted by atomic mass is 9.69. The maximum atomic E-state index is 10.0. The van der Waals surface area contributed by atoms with Crippen LogP contribution in [0.2, 0.25) is 0 Å². The van der Waals surface area contributed by atoms with E-state index in [4.69, 9.17) is 20.4 Å². The van der Waals surface area contributed by atoms with Crippen LogP contribution in [0.1, 0.15) is 87.0 Å². The largest absolute Gasteiger partial charge is 0.481 e. The van der Waals surface area contributed by atoms with Crippen molar-refractivity contribution in [1.29, 1.82) is 0 Å². The van der Waals surface area contributed by atoms with Gasteiger partial charge in [0.25, 0.3) is 0 Å². The Kier molecular flexibility index (Phi) is 17.2. The maximum Gasteiger partial charge on any atom is 0.308 e. The highest BCUT2D eigenvalue weighted by Crippen LogP contribution is 2.41. The van der Waals surface area contributed by atoms with E-state index in [0.717, 1.165) is 17.8 Å². The molecular weight excluding hydrogens is 396 g/mol. The van der Waals surface area contributed by atoms with Crippen LogP contribution in [0.4, 0.5) is 0 Å². The third kappa shape index (κ3) is 14.1. The van der Waals surface area contributed by atoms with E-state index in [0.29, 0.717) is 0 Å². The third-order valence-electron chi connectivity index (χ3n) is 5.30. The summed E-state index contributed by atoms with van der Waals surface area (Å²) in [6, 6.07) is 0. The molecule has 6 heteroatoms. The number of aliphatic hydroxyl groups excluding tert-OH is 2. The number of carboxylic acids is 2. The minimum absolute atomic E-state index is 0.131. The van der Waals surface area contributed by atoms with Gasteiger partial charge in [0.15, 0.2) is 0 Å². The number of carboxylic acid groups (broad SMARTS) is 2. The van der Waals surface area contributed by atoms with Crippen LogP contribution < -0.4 is 0 Å². The molecule has 2 aliphatic rings. The second-order valence-electron chi connectivity index (χ2n) is 8.85. The first-order valence-electron chi connectivity index (χ1n) is 11.6. The third-order valence-corrected chi connectivity index (χ3v) is 5.30. The van der Waals surface area contributed by atoms with Crippen LogP contribution in [0.3, 0.4) is 0 Å². The molecule has 0 aromatic carbocycles. The average Bonchev–Trinajstić information content (AvgIpc) is 2.69. The molecule has 0 saturated heterocycles. The molecule has 0 aromatic heterocycles. The molecule has 2 aliphatic carbocycles. The molecule has 4 N–H and O–H groups in total. The highest BCUT2D eigenvalue weighted by molar-refractivity contribution is 5.72. The smallest absolute Gasteiger partial charge is 0.308 e. The van der Waals surface area contributed by atoms with Gasteiger partial charge in [-0.25, -0.2) is 0 Å². The van der Waals surface area contributed by atoms with Gasteiger partial charge >= 0.3 is 11.9 Å². The number of aliphatic hydroxyl groups is 2. The van der Waals surface area contributed by atoms with Gasteiger partial charge in [-0.3, -0.25) is 9.59 Å². The highest BCUT2D eigenvalue weighted by atomic mass is 16.4. The standard InChI is InChI=1S/C13H20.C5H10O4.C5H10O2.C2H6/c1-3-12-10(2)8-9-11-6-4-5-7-13(11)12;6-2-1-4(7)3-5(8)9;1-5(2,3)4(6)7;1-2/h6,8-10,12-13H,3-5,7H2,1-2H3;4,6-7H,1-3H2,(H,8,9);1-3H3,(H,6,7);1-2H3. The second-order valence-corrected chi connectivity index (χ2v) is 8.85. The molecule has 4 unspecified atom stereocenters. The molecule has 2 rings (SSSR count). The van der Waals surface area contributed by atoms with E-state index in [1.807, 2.05) is 13.8 Å². The Morgan fingerprint density at radius 3 is 2.16 bits per heavy atom. The zero-order valence-corrected chi connectivity index (χ0v) is 20.6. The number of hydrogen-bond donors (Lipinski definition) is 4. The van der Waals surface area contributed by atoms with Crippen molar-refractivity contribution in [1.82, 2.24) is 0 Å². The minimum atomic E-state index is -1.05. The molecule has 0 amide bonds. The molecule has 0 bridgehead atoms. The SMILES string of the molecule is CC.CC(C)(C)C(=O)O.CCC1C(C)C=CC2=CCCCC21.O=C(O)CC(O)CCO. The lowest BCUT2D eigenvalue weighted by molar-refractivity contribution is -0.146. The summed E-state index contributed by atoms with van der Waals surface area (Å²) in [5.74, 6) is 0.795. The number of hydrogen-bond acceptors (Lipinski definition) is 4. The van der Waals surface area contributed by atoms with Crippen LogP contribution in [-0.4, -0.2) is 45.1 Å². The van der Waals surface area contributed by atoms with Gasteiger partial charge in [0, 0.05) is 6.61 Å². The highest BCUT2D eigenvalue weighted by Gasteiger charge is 2.30. The molecule has 0 aromatic rings. The van der Waals surface area contributed by atoms with Crippen molar-refractivity contribution in [2.24, 2.45) is 23.2 Å². The zero-order valence-electron chi connectivity index (χ0n) is 20.6. The summed E-state index contributed by atoms with van der Waals surface area (Å²) in [5.41, 5.74) is 1.05. The van der Waals surface area contributed by atoms with Crippen LogP contribution in [0.25, 0.3) is 0 Å². The van der Waals surface area contributed by atoms with E-state index in [-0.39, 0.29) is 19.4 Å². The Hall–Kier alpha value is -1.66. The first-order valence-corrected chi connectivity index (χ1v) is 11.6. The first-order chi connectivity index (χ1) is 14.4. The Morgan fingerprint density at radius 2 is 1.74 bits per heavy atom. The van der Waals surface area contributed by atoms with E-state index in [1.165, 1.54) is 25.7 Å². The lowest BCUT2D eigenvalue weighted by Gasteiger charge is -2.36. The second kappa shape index (κ2) is 17.0. The van der Waals surface area contributed by atoms with Crippen molar-refractivity contribution in [3.63, 3.8) is 0 Å². The Balaban J connectivity index is 0. The zero-order chi connectivity index (χ0) is 24.6. The molecule has 31 heavy (non-hydrogen) atoms. The number of rotatable bonds is 5. The van der Waals surface area contributed by atoms with Crippen LogP contribution in [0.15, 0.2) is 23.8 Å². The molecule has 0 aliphatic heterocycles. The Bertz CT molecular complexity index is 559. The lowest BCUT2D eigenvalue weighted by Crippen LogP contribution is -2.26. The number of carbonyl (C=O) groups is 2. The molecule has 0 spiro atoms. The number of allylic oxidation sites excluding steroid dienone is 4. The van der Waals surface area contributed by atoms with E-state index >= 15 is 0 Å². The van der Waals surface area contributed by atoms with Crippen LogP contribution in [0.5, 0.6) is 0 Å². The van der Waals surface area contributed by atoms with Gasteiger partial charge in [0.05, 0.1) is 17.9 Å². The summed E-state index contributed by atoms with van der Waals surface area (Å²) in [4.78, 5) is 19.9. The fourth-order valence-electron chi connectivity index (χ4n) is 3.46. The fourth-order valence-corrected chi connectivity index (χ4v) is 3.46. The van der Waals surface area contributed by atoms with Crippen molar-refractivity contribution in [2.75, 3.05) is 6.61 Å². The molecular formula is C25H46O6. The van der Waals surface area contributed by atoms with Crippen molar-refractivity contribution in [2.45, 2.75) is 93.1 Å². The van der Waals surface area contributed by atoms with Gasteiger partial charge < -0.3 is 20.4 Å². The maximum absolute atomic E-state index is 10.0. The normalized spacial score (nSPS) is 22.6. The van der Waals surface area contributed by atoms with E-state index in [9.17, 15) is 9.59 Å². The number of aliphatic carboxylic acids is 2. The summed E-state index contributed by atoms with van der Waals surface area (Å²) in [6.07, 6.45) is 11.7. The summed E-state index contributed by atoms with van der Waals surface area (Å²) in [6.45, 7) is 13.5. The van der Waals surface area contributed by atoms with Crippen molar-refractivity contribution >= 4 is 11.9 Å². The summed E-state index contributed by atoms with van der Waals surface area (Å²) in [7, 11) is 0. The topological polar surface area (TPSA) is 115 Å². The molecule has 4 atom stereocenters. The van der Waals surface area contributed by atoms with Gasteiger partial charge in [-0.1, -0.05) is 52.3 Å². The van der Waals surface area contributed by atoms with Crippen molar-refractivity contribution in [3.05, 3.63) is 23.8 Å². The quantitative estimate of drug-likeness (QED) is 0.460. The molecule has 0 radical (unpaired) electrons. The van der Waals surface area contributed by atoms with Crippen LogP contribution >= 0.6 is 0 Å². The van der Waals surface area contributed by atoms with Gasteiger partial charge in [0.2, 0.25) is 0 Å². The summed E-state index contributed by atoms with van der Waals surface area (Å²) in [5, 5.41) is 33.2. The number of fused-ring (bicyclic) bond motifs is 1. The molecule has 0 saturated carbocycles. The van der Waals surface area contributed by atoms with Gasteiger partial charge in [-0.15, -0.1) is 0 Å². The summed E-state index contributed by atoms with van der Waals surface area (Å²) >= 11 is 0. The summed E-state index contributed by atoms with van der Waals surface area (Å²) < 4.78 is 0. The first kappa shape index (κ1) is 31.5. The molecule has 0 heterocycles. The van der Waals surface area contributed by atoms with Gasteiger partial charge in [0.1, 0.15) is 0 Å². The van der Waals surface area contributed by atoms with Crippen molar-refractivity contribution < 1.29 is 30.0 Å². The van der Waals surface area contributed by atoms with E-state index in [2.05, 4.69) is 32.1 Å². The molecule has 0 fully saturated rings. The van der Waals surface area contributed by atoms with Crippen LogP contribution in [-0.2, 0) is 9.59 Å². The minimum Gasteiger partial charge on any atom is -0.481 e. The van der Waals surface area contributed by atoms with Gasteiger partial charge in [-0.2, -0.15) is 0 Å². The Morgan fingerprint density at radius 1 is 1.19 bits per heavy atom. The monoisotopic (exact) mass is 442 g/mol. The fraction of sp³-hybridized carbons (Fsp3) is 0.760. The van der Waals surface area contributed by atoms with Crippen molar-refractivity contribution in [3.8, 4) is 0 Å².